The molecule has 0 saturated carbocycles. The molecule has 2 atom stereocenters. The van der Waals surface area contributed by atoms with Gasteiger partial charge in [0.1, 0.15) is 5.75 Å². The Labute approximate surface area is 112 Å². The Morgan fingerprint density at radius 1 is 1.53 bits per heavy atom. The summed E-state index contributed by atoms with van der Waals surface area (Å²) >= 11 is 0. The van der Waals surface area contributed by atoms with E-state index in [9.17, 15) is 9.90 Å². The van der Waals surface area contributed by atoms with Crippen molar-refractivity contribution in [3.8, 4) is 5.75 Å². The zero-order valence-corrected chi connectivity index (χ0v) is 11.6. The van der Waals surface area contributed by atoms with Gasteiger partial charge in [0, 0.05) is 11.1 Å². The summed E-state index contributed by atoms with van der Waals surface area (Å²) < 4.78 is 10.8. The van der Waals surface area contributed by atoms with Crippen LogP contribution >= 0.6 is 0 Å². The van der Waals surface area contributed by atoms with Crippen LogP contribution in [-0.4, -0.2) is 17.4 Å². The summed E-state index contributed by atoms with van der Waals surface area (Å²) in [5, 5.41) is 10.5. The molecule has 0 bridgehead atoms. The molecule has 1 aliphatic rings. The molecule has 1 aromatic rings. The molecule has 0 fully saturated rings. The van der Waals surface area contributed by atoms with Gasteiger partial charge in [0.15, 0.2) is 5.60 Å². The lowest BCUT2D eigenvalue weighted by Gasteiger charge is -2.24. The lowest BCUT2D eigenvalue weighted by atomic mass is 9.96. The zero-order chi connectivity index (χ0) is 14.2. The highest BCUT2D eigenvalue weighted by atomic mass is 16.7. The highest BCUT2D eigenvalue weighted by Gasteiger charge is 2.46. The van der Waals surface area contributed by atoms with Crippen LogP contribution in [-0.2, 0) is 15.1 Å². The third kappa shape index (κ3) is 2.36. The highest BCUT2D eigenvalue weighted by molar-refractivity contribution is 5.87. The molecule has 1 N–H and O–H groups in total. The highest BCUT2D eigenvalue weighted by Crippen LogP contribution is 2.42. The molecule has 4 nitrogen and oxygen atoms in total. The van der Waals surface area contributed by atoms with E-state index in [1.54, 1.807) is 32.9 Å². The van der Waals surface area contributed by atoms with E-state index in [-0.39, 0.29) is 0 Å². The molecule has 0 unspecified atom stereocenters. The Balaban J connectivity index is 2.25. The summed E-state index contributed by atoms with van der Waals surface area (Å²) in [4.78, 5) is 11.8. The number of hydrogen-bond donors (Lipinski definition) is 1. The minimum absolute atomic E-state index is 0.478. The molecule has 0 aliphatic carbocycles. The fourth-order valence-corrected chi connectivity index (χ4v) is 1.95. The van der Waals surface area contributed by atoms with E-state index >= 15 is 0 Å². The average molecular weight is 262 g/mol. The molecular weight excluding hydrogens is 244 g/mol. The van der Waals surface area contributed by atoms with E-state index in [2.05, 4.69) is 0 Å². The third-order valence-electron chi connectivity index (χ3n) is 3.34. The predicted octanol–water partition coefficient (Wildman–Crippen LogP) is 2.43. The second kappa shape index (κ2) is 4.70. The Morgan fingerprint density at radius 3 is 2.84 bits per heavy atom. The lowest BCUT2D eigenvalue weighted by Crippen LogP contribution is -2.39. The van der Waals surface area contributed by atoms with Gasteiger partial charge in [-0.25, -0.2) is 4.79 Å². The number of esters is 1. The molecule has 1 heterocycles. The third-order valence-corrected chi connectivity index (χ3v) is 3.34. The van der Waals surface area contributed by atoms with Crippen molar-refractivity contribution in [2.24, 2.45) is 0 Å². The van der Waals surface area contributed by atoms with Gasteiger partial charge in [-0.2, -0.15) is 0 Å². The fraction of sp³-hybridized carbons (Fsp3) is 0.400. The van der Waals surface area contributed by atoms with Gasteiger partial charge < -0.3 is 14.6 Å². The molecule has 0 saturated heterocycles. The van der Waals surface area contributed by atoms with Gasteiger partial charge >= 0.3 is 5.97 Å². The molecule has 1 aromatic carbocycles. The SMILES string of the molecule is C/C=C(/C)C(=O)O[C@@H]1Oc2cc(C)ccc2[C@@]1(C)O. The largest absolute Gasteiger partial charge is 0.451 e. The molecule has 4 heteroatoms. The average Bonchev–Trinajstić information content (AvgIpc) is 2.59. The number of aliphatic hydroxyl groups is 1. The first-order chi connectivity index (χ1) is 8.86. The quantitative estimate of drug-likeness (QED) is 0.657. The molecule has 0 aromatic heterocycles. The predicted molar refractivity (Wildman–Crippen MR) is 70.7 cm³/mol. The first-order valence-electron chi connectivity index (χ1n) is 6.20. The van der Waals surface area contributed by atoms with Crippen LogP contribution in [0.3, 0.4) is 0 Å². The van der Waals surface area contributed by atoms with Crippen molar-refractivity contribution >= 4 is 5.97 Å². The van der Waals surface area contributed by atoms with Crippen molar-refractivity contribution < 1.29 is 19.4 Å². The van der Waals surface area contributed by atoms with Crippen LogP contribution in [0.5, 0.6) is 5.75 Å². The number of ether oxygens (including phenoxy) is 2. The summed E-state index contributed by atoms with van der Waals surface area (Å²) in [5.74, 6) is 0.0678. The van der Waals surface area contributed by atoms with Crippen LogP contribution in [0.2, 0.25) is 0 Å². The second-order valence-electron chi connectivity index (χ2n) is 4.97. The number of fused-ring (bicyclic) bond motifs is 1. The molecule has 102 valence electrons. The maximum atomic E-state index is 11.8. The van der Waals surface area contributed by atoms with E-state index in [0.717, 1.165) is 5.56 Å². The summed E-state index contributed by atoms with van der Waals surface area (Å²) in [6, 6.07) is 5.50. The normalized spacial score (nSPS) is 25.7. The Morgan fingerprint density at radius 2 is 2.21 bits per heavy atom. The van der Waals surface area contributed by atoms with Gasteiger partial charge in [-0.1, -0.05) is 18.2 Å². The minimum atomic E-state index is -1.34. The summed E-state index contributed by atoms with van der Waals surface area (Å²) in [7, 11) is 0. The number of carbonyl (C=O) groups is 1. The van der Waals surface area contributed by atoms with Crippen LogP contribution < -0.4 is 4.74 Å². The van der Waals surface area contributed by atoms with E-state index in [4.69, 9.17) is 9.47 Å². The maximum absolute atomic E-state index is 11.8. The van der Waals surface area contributed by atoms with Crippen molar-refractivity contribution in [3.63, 3.8) is 0 Å². The summed E-state index contributed by atoms with van der Waals surface area (Å²) in [6.07, 6.45) is 0.634. The Kier molecular flexibility index (Phi) is 3.37. The number of benzene rings is 1. The standard InChI is InChI=1S/C15H18O4/c1-5-10(3)13(16)19-14-15(4,17)11-7-6-9(2)8-12(11)18-14/h5-8,14,17H,1-4H3/b10-5-/t14-,15+/m0/s1. The number of hydrogen-bond acceptors (Lipinski definition) is 4. The summed E-state index contributed by atoms with van der Waals surface area (Å²) in [6.45, 7) is 6.92. The van der Waals surface area contributed by atoms with Crippen molar-refractivity contribution in [2.75, 3.05) is 0 Å². The van der Waals surface area contributed by atoms with Crippen LogP contribution in [0, 0.1) is 6.92 Å². The van der Waals surface area contributed by atoms with E-state index in [1.807, 2.05) is 19.1 Å². The van der Waals surface area contributed by atoms with E-state index in [1.165, 1.54) is 0 Å². The van der Waals surface area contributed by atoms with Crippen LogP contribution in [0.1, 0.15) is 31.9 Å². The number of carbonyl (C=O) groups excluding carboxylic acids is 1. The first kappa shape index (κ1) is 13.6. The maximum Gasteiger partial charge on any atom is 0.336 e. The van der Waals surface area contributed by atoms with Gasteiger partial charge in [0.2, 0.25) is 0 Å². The van der Waals surface area contributed by atoms with Gasteiger partial charge in [-0.05, 0) is 39.3 Å². The van der Waals surface area contributed by atoms with Gasteiger partial charge in [-0.3, -0.25) is 0 Å². The molecule has 2 rings (SSSR count). The van der Waals surface area contributed by atoms with Crippen molar-refractivity contribution in [2.45, 2.75) is 39.6 Å². The summed E-state index contributed by atoms with van der Waals surface area (Å²) in [5.41, 5.74) is 0.791. The Bertz CT molecular complexity index is 543. The monoisotopic (exact) mass is 262 g/mol. The topological polar surface area (TPSA) is 55.8 Å². The van der Waals surface area contributed by atoms with Crippen LogP contribution in [0.4, 0.5) is 0 Å². The lowest BCUT2D eigenvalue weighted by molar-refractivity contribution is -0.189. The molecule has 0 amide bonds. The second-order valence-corrected chi connectivity index (χ2v) is 4.97. The number of aryl methyl sites for hydroxylation is 1. The number of rotatable bonds is 2. The molecule has 1 aliphatic heterocycles. The molecular formula is C15H18O4. The van der Waals surface area contributed by atoms with Gasteiger partial charge in [-0.15, -0.1) is 0 Å². The molecule has 0 spiro atoms. The van der Waals surface area contributed by atoms with Crippen molar-refractivity contribution in [3.05, 3.63) is 41.0 Å². The number of allylic oxidation sites excluding steroid dienone is 1. The van der Waals surface area contributed by atoms with Crippen LogP contribution in [0.25, 0.3) is 0 Å². The smallest absolute Gasteiger partial charge is 0.336 e. The van der Waals surface area contributed by atoms with Crippen molar-refractivity contribution in [1.29, 1.82) is 0 Å². The first-order valence-corrected chi connectivity index (χ1v) is 6.20. The Hall–Kier alpha value is -1.81. The van der Waals surface area contributed by atoms with Crippen molar-refractivity contribution in [1.82, 2.24) is 0 Å². The minimum Gasteiger partial charge on any atom is -0.451 e. The zero-order valence-electron chi connectivity index (χ0n) is 11.6. The molecule has 19 heavy (non-hydrogen) atoms. The van der Waals surface area contributed by atoms with E-state index < -0.39 is 17.9 Å². The van der Waals surface area contributed by atoms with Gasteiger partial charge in [0.25, 0.3) is 6.29 Å². The van der Waals surface area contributed by atoms with E-state index in [0.29, 0.717) is 16.9 Å². The van der Waals surface area contributed by atoms with Gasteiger partial charge in [0.05, 0.1) is 0 Å². The molecule has 0 radical (unpaired) electrons. The van der Waals surface area contributed by atoms with Crippen LogP contribution in [0.15, 0.2) is 29.8 Å². The fourth-order valence-electron chi connectivity index (χ4n) is 1.95.